The minimum absolute atomic E-state index is 0. The molecule has 17 heavy (non-hydrogen) atoms. The first-order valence-corrected chi connectivity index (χ1v) is 7.21. The highest BCUT2D eigenvalue weighted by atomic mass is 35.5. The molecule has 0 spiro atoms. The summed E-state index contributed by atoms with van der Waals surface area (Å²) in [7, 11) is 0.847. The number of sulfone groups is 1. The van der Waals surface area contributed by atoms with E-state index in [4.69, 9.17) is 0 Å². The van der Waals surface area contributed by atoms with Gasteiger partial charge in [-0.15, -0.1) is 12.4 Å². The molecule has 0 aliphatic carbocycles. The maximum Gasteiger partial charge on any atom is 0.151 e. The van der Waals surface area contributed by atoms with Gasteiger partial charge in [0.1, 0.15) is 0 Å². The number of halogens is 1. The van der Waals surface area contributed by atoms with Crippen LogP contribution in [0.5, 0.6) is 0 Å². The molecule has 0 saturated heterocycles. The average Bonchev–Trinajstić information content (AvgIpc) is 2.26. The van der Waals surface area contributed by atoms with Crippen molar-refractivity contribution in [2.75, 3.05) is 32.1 Å². The highest BCUT2D eigenvalue weighted by Crippen LogP contribution is 2.02. The third kappa shape index (κ3) is 7.36. The summed E-state index contributed by atoms with van der Waals surface area (Å²) in [5, 5.41) is 0. The molecule has 0 aromatic heterocycles. The quantitative estimate of drug-likeness (QED) is 0.793. The van der Waals surface area contributed by atoms with Crippen LogP contribution in [0.1, 0.15) is 5.56 Å². The third-order valence-corrected chi connectivity index (χ3v) is 4.02. The molecular formula is C12H20ClNO2S. The fourth-order valence-electron chi connectivity index (χ4n) is 1.34. The summed E-state index contributed by atoms with van der Waals surface area (Å²) in [6.07, 6.45) is 0.608. The Bertz CT molecular complexity index is 404. The molecular weight excluding hydrogens is 258 g/mol. The molecule has 1 rings (SSSR count). The van der Waals surface area contributed by atoms with E-state index in [9.17, 15) is 8.42 Å². The molecule has 0 N–H and O–H groups in total. The van der Waals surface area contributed by atoms with Crippen LogP contribution in [0.15, 0.2) is 30.3 Å². The van der Waals surface area contributed by atoms with Gasteiger partial charge in [0, 0.05) is 6.54 Å². The zero-order valence-corrected chi connectivity index (χ0v) is 11.9. The molecule has 3 nitrogen and oxygen atoms in total. The molecule has 0 radical (unpaired) electrons. The van der Waals surface area contributed by atoms with Gasteiger partial charge in [0.25, 0.3) is 0 Å². The van der Waals surface area contributed by atoms with Crippen molar-refractivity contribution in [2.45, 2.75) is 6.42 Å². The summed E-state index contributed by atoms with van der Waals surface area (Å²) in [4.78, 5) is 1.89. The van der Waals surface area contributed by atoms with Crippen LogP contribution in [0.4, 0.5) is 0 Å². The largest absolute Gasteiger partial charge is 0.308 e. The van der Waals surface area contributed by atoms with E-state index < -0.39 is 9.84 Å². The second-order valence-electron chi connectivity index (χ2n) is 4.19. The van der Waals surface area contributed by atoms with Gasteiger partial charge >= 0.3 is 0 Å². The van der Waals surface area contributed by atoms with E-state index >= 15 is 0 Å². The predicted molar refractivity (Wildman–Crippen MR) is 74.6 cm³/mol. The zero-order chi connectivity index (χ0) is 12.0. The van der Waals surface area contributed by atoms with Gasteiger partial charge in [-0.05, 0) is 26.1 Å². The molecule has 0 fully saturated rings. The van der Waals surface area contributed by atoms with Crippen LogP contribution in [-0.4, -0.2) is 45.5 Å². The third-order valence-electron chi connectivity index (χ3n) is 2.39. The van der Waals surface area contributed by atoms with Gasteiger partial charge in [0.05, 0.1) is 11.5 Å². The number of hydrogen-bond acceptors (Lipinski definition) is 3. The van der Waals surface area contributed by atoms with E-state index in [1.54, 1.807) is 0 Å². The highest BCUT2D eigenvalue weighted by molar-refractivity contribution is 7.91. The van der Waals surface area contributed by atoms with Gasteiger partial charge in [-0.3, -0.25) is 0 Å². The van der Waals surface area contributed by atoms with Crippen molar-refractivity contribution >= 4 is 22.2 Å². The summed E-state index contributed by atoms with van der Waals surface area (Å²) in [5.41, 5.74) is 1.08. The van der Waals surface area contributed by atoms with Crippen molar-refractivity contribution in [2.24, 2.45) is 0 Å². The van der Waals surface area contributed by atoms with Gasteiger partial charge in [0.15, 0.2) is 9.84 Å². The first-order valence-electron chi connectivity index (χ1n) is 5.39. The maximum absolute atomic E-state index is 11.7. The molecule has 1 aromatic carbocycles. The number of hydrogen-bond donors (Lipinski definition) is 0. The summed E-state index contributed by atoms with van der Waals surface area (Å²) >= 11 is 0. The van der Waals surface area contributed by atoms with Crippen molar-refractivity contribution in [1.29, 1.82) is 0 Å². The lowest BCUT2D eigenvalue weighted by Crippen LogP contribution is -2.24. The second kappa shape index (κ2) is 7.69. The van der Waals surface area contributed by atoms with Crippen LogP contribution in [0.2, 0.25) is 0 Å². The molecule has 1 aromatic rings. The van der Waals surface area contributed by atoms with Gasteiger partial charge in [-0.2, -0.15) is 0 Å². The molecule has 5 heteroatoms. The molecule has 98 valence electrons. The molecule has 0 unspecified atom stereocenters. The van der Waals surface area contributed by atoms with E-state index in [-0.39, 0.29) is 23.9 Å². The van der Waals surface area contributed by atoms with Gasteiger partial charge in [-0.1, -0.05) is 30.3 Å². The van der Waals surface area contributed by atoms with Crippen LogP contribution < -0.4 is 0 Å². The van der Waals surface area contributed by atoms with Crippen molar-refractivity contribution < 1.29 is 8.42 Å². The lowest BCUT2D eigenvalue weighted by atomic mass is 10.2. The van der Waals surface area contributed by atoms with Crippen LogP contribution in [0.25, 0.3) is 0 Å². The summed E-state index contributed by atoms with van der Waals surface area (Å²) in [5.74, 6) is 0.484. The van der Waals surface area contributed by atoms with Crippen LogP contribution >= 0.6 is 12.4 Å². The molecule has 0 heterocycles. The van der Waals surface area contributed by atoms with E-state index in [0.29, 0.717) is 13.0 Å². The van der Waals surface area contributed by atoms with Crippen molar-refractivity contribution in [1.82, 2.24) is 4.90 Å². The van der Waals surface area contributed by atoms with Gasteiger partial charge < -0.3 is 4.90 Å². The van der Waals surface area contributed by atoms with E-state index in [0.717, 1.165) is 5.56 Å². The fourth-order valence-corrected chi connectivity index (χ4v) is 2.74. The number of benzene rings is 1. The Morgan fingerprint density at radius 3 is 2.18 bits per heavy atom. The Hall–Kier alpha value is -0.580. The Balaban J connectivity index is 0.00000256. The number of rotatable bonds is 6. The summed E-state index contributed by atoms with van der Waals surface area (Å²) in [6, 6.07) is 9.72. The average molecular weight is 278 g/mol. The van der Waals surface area contributed by atoms with E-state index in [1.165, 1.54) is 0 Å². The first-order chi connectivity index (χ1) is 7.49. The van der Waals surface area contributed by atoms with E-state index in [2.05, 4.69) is 0 Å². The highest BCUT2D eigenvalue weighted by Gasteiger charge is 2.10. The molecule has 0 atom stereocenters. The number of nitrogens with zero attached hydrogens (tertiary/aromatic N) is 1. The molecule has 0 bridgehead atoms. The Morgan fingerprint density at radius 2 is 1.65 bits per heavy atom. The van der Waals surface area contributed by atoms with Crippen molar-refractivity contribution in [3.63, 3.8) is 0 Å². The van der Waals surface area contributed by atoms with Crippen LogP contribution in [0, 0.1) is 0 Å². The standard InChI is InChI=1S/C12H19NO2S.ClH/c1-13(2)9-11-16(14,15)10-8-12-6-4-3-5-7-12;/h3-7H,8-11H2,1-2H3;1H. The van der Waals surface area contributed by atoms with Gasteiger partial charge in [-0.25, -0.2) is 8.42 Å². The molecule has 0 saturated carbocycles. The maximum atomic E-state index is 11.7. The zero-order valence-electron chi connectivity index (χ0n) is 10.3. The monoisotopic (exact) mass is 277 g/mol. The number of aryl methyl sites for hydroxylation is 1. The van der Waals surface area contributed by atoms with E-state index in [1.807, 2.05) is 49.3 Å². The van der Waals surface area contributed by atoms with Crippen LogP contribution in [-0.2, 0) is 16.3 Å². The van der Waals surface area contributed by atoms with Crippen LogP contribution in [0.3, 0.4) is 0 Å². The summed E-state index contributed by atoms with van der Waals surface area (Å²) in [6.45, 7) is 0.594. The topological polar surface area (TPSA) is 37.4 Å². The molecule has 0 amide bonds. The minimum atomic E-state index is -2.92. The lowest BCUT2D eigenvalue weighted by Gasteiger charge is -2.09. The Kier molecular flexibility index (Phi) is 7.43. The van der Waals surface area contributed by atoms with Gasteiger partial charge in [0.2, 0.25) is 0 Å². The summed E-state index contributed by atoms with van der Waals surface area (Å²) < 4.78 is 23.4. The predicted octanol–water partition coefficient (Wildman–Crippen LogP) is 1.63. The smallest absolute Gasteiger partial charge is 0.151 e. The Morgan fingerprint density at radius 1 is 1.06 bits per heavy atom. The SMILES string of the molecule is CN(C)CCS(=O)(=O)CCc1ccccc1.Cl. The molecule has 0 aliphatic heterocycles. The second-order valence-corrected chi connectivity index (χ2v) is 6.49. The lowest BCUT2D eigenvalue weighted by molar-refractivity contribution is 0.432. The van der Waals surface area contributed by atoms with Crippen molar-refractivity contribution in [3.8, 4) is 0 Å². The minimum Gasteiger partial charge on any atom is -0.308 e. The fraction of sp³-hybridized carbons (Fsp3) is 0.500. The molecule has 0 aliphatic rings. The normalized spacial score (nSPS) is 11.2. The van der Waals surface area contributed by atoms with Crippen molar-refractivity contribution in [3.05, 3.63) is 35.9 Å². The first kappa shape index (κ1) is 16.4. The Labute approximate surface area is 110 Å².